The summed E-state index contributed by atoms with van der Waals surface area (Å²) in [4.78, 5) is 16.4. The van der Waals surface area contributed by atoms with Crippen molar-refractivity contribution in [3.63, 3.8) is 0 Å². The van der Waals surface area contributed by atoms with Gasteiger partial charge < -0.3 is 14.0 Å². The summed E-state index contributed by atoms with van der Waals surface area (Å²) in [7, 11) is -1.37. The zero-order valence-corrected chi connectivity index (χ0v) is 16.0. The lowest BCUT2D eigenvalue weighted by Gasteiger charge is -2.25. The van der Waals surface area contributed by atoms with Gasteiger partial charge in [0, 0.05) is 17.3 Å². The summed E-state index contributed by atoms with van der Waals surface area (Å²) in [6.07, 6.45) is 1.85. The van der Waals surface area contributed by atoms with Crippen LogP contribution in [0.1, 0.15) is 24.2 Å². The molecule has 2 aromatic heterocycles. The first-order valence-corrected chi connectivity index (χ1v) is 11.6. The summed E-state index contributed by atoms with van der Waals surface area (Å²) in [5.41, 5.74) is 1.27. The topological polar surface area (TPSA) is 53.3 Å². The summed E-state index contributed by atoms with van der Waals surface area (Å²) >= 11 is 6.07. The molecule has 1 atom stereocenters. The SMILES string of the molecule is CCOC(=O)c1cc(Cl)nc2c1ccn2COC(C)[Si](C)(C)C. The van der Waals surface area contributed by atoms with Crippen molar-refractivity contribution in [2.24, 2.45) is 0 Å². The van der Waals surface area contributed by atoms with E-state index in [9.17, 15) is 4.79 Å². The molecule has 0 N–H and O–H groups in total. The van der Waals surface area contributed by atoms with Crippen molar-refractivity contribution in [1.29, 1.82) is 0 Å². The van der Waals surface area contributed by atoms with Gasteiger partial charge in [0.1, 0.15) is 17.5 Å². The molecule has 0 bridgehead atoms. The van der Waals surface area contributed by atoms with E-state index in [1.165, 1.54) is 6.07 Å². The fourth-order valence-electron chi connectivity index (χ4n) is 2.05. The Morgan fingerprint density at radius 3 is 2.74 bits per heavy atom. The maximum Gasteiger partial charge on any atom is 0.338 e. The van der Waals surface area contributed by atoms with Crippen LogP contribution >= 0.6 is 11.6 Å². The van der Waals surface area contributed by atoms with Gasteiger partial charge in [-0.05, 0) is 26.0 Å². The fraction of sp³-hybridized carbons (Fsp3) is 0.500. The Hall–Kier alpha value is -1.37. The van der Waals surface area contributed by atoms with Crippen molar-refractivity contribution in [1.82, 2.24) is 9.55 Å². The van der Waals surface area contributed by atoms with Gasteiger partial charge in [0.25, 0.3) is 0 Å². The molecule has 2 rings (SSSR count). The van der Waals surface area contributed by atoms with Gasteiger partial charge in [-0.25, -0.2) is 9.78 Å². The Balaban J connectivity index is 2.32. The quantitative estimate of drug-likeness (QED) is 0.445. The van der Waals surface area contributed by atoms with E-state index in [1.54, 1.807) is 6.92 Å². The van der Waals surface area contributed by atoms with Gasteiger partial charge in [-0.2, -0.15) is 0 Å². The number of carbonyl (C=O) groups excluding carboxylic acids is 1. The Labute approximate surface area is 142 Å². The monoisotopic (exact) mass is 354 g/mol. The average molecular weight is 355 g/mol. The normalized spacial score (nSPS) is 13.3. The largest absolute Gasteiger partial charge is 0.462 e. The van der Waals surface area contributed by atoms with E-state index in [-0.39, 0.29) is 10.9 Å². The Kier molecular flexibility index (Phi) is 5.49. The van der Waals surface area contributed by atoms with Gasteiger partial charge in [0.2, 0.25) is 0 Å². The highest BCUT2D eigenvalue weighted by Crippen LogP contribution is 2.23. The van der Waals surface area contributed by atoms with Crippen molar-refractivity contribution < 1.29 is 14.3 Å². The highest BCUT2D eigenvalue weighted by atomic mass is 35.5. The third kappa shape index (κ3) is 4.13. The number of hydrogen-bond acceptors (Lipinski definition) is 4. The van der Waals surface area contributed by atoms with Crippen LogP contribution in [-0.2, 0) is 16.2 Å². The lowest BCUT2D eigenvalue weighted by Crippen LogP contribution is -2.38. The fourth-order valence-corrected chi connectivity index (χ4v) is 2.82. The smallest absolute Gasteiger partial charge is 0.338 e. The number of nitrogens with zero attached hydrogens (tertiary/aromatic N) is 2. The summed E-state index contributed by atoms with van der Waals surface area (Å²) < 4.78 is 12.9. The molecule has 0 saturated heterocycles. The van der Waals surface area contributed by atoms with Crippen molar-refractivity contribution >= 4 is 36.7 Å². The number of hydrogen-bond donors (Lipinski definition) is 0. The maximum absolute atomic E-state index is 12.1. The minimum Gasteiger partial charge on any atom is -0.462 e. The zero-order valence-electron chi connectivity index (χ0n) is 14.2. The molecule has 126 valence electrons. The van der Waals surface area contributed by atoms with Crippen LogP contribution in [0.25, 0.3) is 11.0 Å². The standard InChI is InChI=1S/C16H23ClN2O3Si/c1-6-21-16(20)13-9-14(17)18-15-12(13)7-8-19(15)10-22-11(2)23(3,4)5/h7-9,11H,6,10H2,1-5H3. The van der Waals surface area contributed by atoms with Crippen LogP contribution in [0.4, 0.5) is 0 Å². The molecule has 0 fully saturated rings. The molecule has 0 radical (unpaired) electrons. The molecular formula is C16H23ClN2O3Si. The number of esters is 1. The molecule has 0 aliphatic carbocycles. The first-order valence-electron chi connectivity index (χ1n) is 7.68. The minimum atomic E-state index is -1.37. The lowest BCUT2D eigenvalue weighted by atomic mass is 10.2. The number of carbonyl (C=O) groups is 1. The van der Waals surface area contributed by atoms with Crippen LogP contribution < -0.4 is 0 Å². The summed E-state index contributed by atoms with van der Waals surface area (Å²) in [5, 5.41) is 0.982. The van der Waals surface area contributed by atoms with Crippen molar-refractivity contribution in [3.05, 3.63) is 29.0 Å². The zero-order chi connectivity index (χ0) is 17.2. The number of pyridine rings is 1. The number of halogens is 1. The van der Waals surface area contributed by atoms with E-state index < -0.39 is 14.0 Å². The molecular weight excluding hydrogens is 332 g/mol. The Morgan fingerprint density at radius 2 is 2.13 bits per heavy atom. The first-order chi connectivity index (χ1) is 10.7. The Morgan fingerprint density at radius 1 is 1.43 bits per heavy atom. The van der Waals surface area contributed by atoms with Crippen LogP contribution in [-0.4, -0.2) is 35.9 Å². The second-order valence-electron chi connectivity index (χ2n) is 6.54. The van der Waals surface area contributed by atoms with Gasteiger partial charge >= 0.3 is 5.97 Å². The molecule has 1 unspecified atom stereocenters. The third-order valence-electron chi connectivity index (χ3n) is 3.88. The molecule has 23 heavy (non-hydrogen) atoms. The van der Waals surface area contributed by atoms with Crippen LogP contribution in [0.15, 0.2) is 18.3 Å². The molecule has 0 aromatic carbocycles. The molecule has 5 nitrogen and oxygen atoms in total. The number of aromatic nitrogens is 2. The molecule has 0 amide bonds. The van der Waals surface area contributed by atoms with E-state index in [4.69, 9.17) is 21.1 Å². The second-order valence-corrected chi connectivity index (χ2v) is 12.5. The highest BCUT2D eigenvalue weighted by Gasteiger charge is 2.23. The number of fused-ring (bicyclic) bond motifs is 1. The van der Waals surface area contributed by atoms with Crippen molar-refractivity contribution in [2.45, 2.75) is 45.9 Å². The molecule has 2 aromatic rings. The van der Waals surface area contributed by atoms with Crippen LogP contribution in [0, 0.1) is 0 Å². The van der Waals surface area contributed by atoms with E-state index in [2.05, 4.69) is 31.5 Å². The minimum absolute atomic E-state index is 0.212. The lowest BCUT2D eigenvalue weighted by molar-refractivity contribution is 0.0527. The van der Waals surface area contributed by atoms with Gasteiger partial charge in [0.15, 0.2) is 0 Å². The summed E-state index contributed by atoms with van der Waals surface area (Å²) in [5.74, 6) is -0.393. The summed E-state index contributed by atoms with van der Waals surface area (Å²) in [6, 6.07) is 3.38. The van der Waals surface area contributed by atoms with E-state index in [0.717, 1.165) is 5.39 Å². The second kappa shape index (κ2) is 7.03. The van der Waals surface area contributed by atoms with E-state index in [0.29, 0.717) is 24.5 Å². The van der Waals surface area contributed by atoms with Crippen molar-refractivity contribution in [2.75, 3.05) is 6.61 Å². The van der Waals surface area contributed by atoms with Crippen LogP contribution in [0.5, 0.6) is 0 Å². The molecule has 2 heterocycles. The molecule has 7 heteroatoms. The number of rotatable bonds is 6. The first kappa shape index (κ1) is 18.0. The average Bonchev–Trinajstić information content (AvgIpc) is 2.85. The third-order valence-corrected chi connectivity index (χ3v) is 6.68. The molecule has 0 aliphatic heterocycles. The van der Waals surface area contributed by atoms with Crippen LogP contribution in [0.2, 0.25) is 24.8 Å². The van der Waals surface area contributed by atoms with E-state index >= 15 is 0 Å². The maximum atomic E-state index is 12.1. The molecule has 0 spiro atoms. The van der Waals surface area contributed by atoms with Crippen LogP contribution in [0.3, 0.4) is 0 Å². The predicted molar refractivity (Wildman–Crippen MR) is 94.6 cm³/mol. The van der Waals surface area contributed by atoms with Gasteiger partial charge in [-0.3, -0.25) is 0 Å². The molecule has 0 saturated carbocycles. The predicted octanol–water partition coefficient (Wildman–Crippen LogP) is 4.11. The highest BCUT2D eigenvalue weighted by molar-refractivity contribution is 6.77. The van der Waals surface area contributed by atoms with Gasteiger partial charge in [-0.15, -0.1) is 0 Å². The van der Waals surface area contributed by atoms with E-state index in [1.807, 2.05) is 16.8 Å². The Bertz CT molecular complexity index is 709. The van der Waals surface area contributed by atoms with Crippen molar-refractivity contribution in [3.8, 4) is 0 Å². The summed E-state index contributed by atoms with van der Waals surface area (Å²) in [6.45, 7) is 11.4. The van der Waals surface area contributed by atoms with Gasteiger partial charge in [0.05, 0.1) is 20.2 Å². The number of ether oxygens (including phenoxy) is 2. The molecule has 0 aliphatic rings. The van der Waals surface area contributed by atoms with Gasteiger partial charge in [-0.1, -0.05) is 31.2 Å².